The van der Waals surface area contributed by atoms with Gasteiger partial charge in [-0.15, -0.1) is 11.3 Å². The SMILES string of the molecule is c1csc(C(NN2CCCCC2)C2CCCC2)c1. The maximum Gasteiger partial charge on any atom is 0.0586 e. The summed E-state index contributed by atoms with van der Waals surface area (Å²) in [5.41, 5.74) is 3.84. The molecule has 2 fully saturated rings. The molecule has 1 N–H and O–H groups in total. The summed E-state index contributed by atoms with van der Waals surface area (Å²) in [5.74, 6) is 0.852. The van der Waals surface area contributed by atoms with E-state index in [2.05, 4.69) is 27.9 Å². The lowest BCUT2D eigenvalue weighted by molar-refractivity contribution is 0.109. The molecule has 0 bridgehead atoms. The van der Waals surface area contributed by atoms with E-state index in [0.29, 0.717) is 6.04 Å². The maximum absolute atomic E-state index is 3.84. The lowest BCUT2D eigenvalue weighted by atomic mass is 9.97. The maximum atomic E-state index is 3.84. The second-order valence-corrected chi connectivity index (χ2v) is 6.69. The van der Waals surface area contributed by atoms with Gasteiger partial charge in [0.15, 0.2) is 0 Å². The molecule has 3 heteroatoms. The van der Waals surface area contributed by atoms with Crippen LogP contribution in [-0.2, 0) is 0 Å². The van der Waals surface area contributed by atoms with Crippen LogP contribution in [0, 0.1) is 5.92 Å². The van der Waals surface area contributed by atoms with Crippen molar-refractivity contribution in [2.45, 2.75) is 51.0 Å². The largest absolute Gasteiger partial charge is 0.247 e. The highest BCUT2D eigenvalue weighted by Gasteiger charge is 2.28. The summed E-state index contributed by atoms with van der Waals surface area (Å²) in [7, 11) is 0. The fraction of sp³-hybridized carbons (Fsp3) is 0.733. The molecule has 18 heavy (non-hydrogen) atoms. The molecule has 0 radical (unpaired) electrons. The second kappa shape index (κ2) is 6.18. The number of nitrogens with one attached hydrogen (secondary N) is 1. The zero-order valence-corrected chi connectivity index (χ0v) is 11.9. The Hall–Kier alpha value is -0.380. The van der Waals surface area contributed by atoms with Gasteiger partial charge in [-0.3, -0.25) is 0 Å². The van der Waals surface area contributed by atoms with Gasteiger partial charge in [0, 0.05) is 18.0 Å². The van der Waals surface area contributed by atoms with Crippen LogP contribution in [0.25, 0.3) is 0 Å². The molecule has 2 nitrogen and oxygen atoms in total. The molecule has 1 aromatic rings. The molecule has 2 aliphatic rings. The molecular formula is C15H24N2S. The van der Waals surface area contributed by atoms with Crippen LogP contribution in [0.2, 0.25) is 0 Å². The van der Waals surface area contributed by atoms with Gasteiger partial charge < -0.3 is 0 Å². The Morgan fingerprint density at radius 2 is 1.89 bits per heavy atom. The summed E-state index contributed by atoms with van der Waals surface area (Å²) in [4.78, 5) is 1.53. The molecule has 1 aliphatic carbocycles. The van der Waals surface area contributed by atoms with Crippen molar-refractivity contribution in [3.8, 4) is 0 Å². The average molecular weight is 264 g/mol. The number of thiophene rings is 1. The van der Waals surface area contributed by atoms with Gasteiger partial charge in [0.2, 0.25) is 0 Å². The topological polar surface area (TPSA) is 15.3 Å². The third-order valence-corrected chi connectivity index (χ3v) is 5.35. The van der Waals surface area contributed by atoms with Gasteiger partial charge in [0.25, 0.3) is 0 Å². The van der Waals surface area contributed by atoms with E-state index in [1.54, 1.807) is 0 Å². The third kappa shape index (κ3) is 2.95. The smallest absolute Gasteiger partial charge is 0.0586 e. The first-order valence-electron chi connectivity index (χ1n) is 7.48. The minimum absolute atomic E-state index is 0.575. The number of piperidine rings is 1. The third-order valence-electron chi connectivity index (χ3n) is 4.40. The molecule has 1 saturated carbocycles. The van der Waals surface area contributed by atoms with E-state index >= 15 is 0 Å². The Kier molecular flexibility index (Phi) is 4.34. The van der Waals surface area contributed by atoms with Crippen LogP contribution in [0.3, 0.4) is 0 Å². The zero-order valence-electron chi connectivity index (χ0n) is 11.1. The van der Waals surface area contributed by atoms with Crippen molar-refractivity contribution in [2.24, 2.45) is 5.92 Å². The minimum atomic E-state index is 0.575. The minimum Gasteiger partial charge on any atom is -0.247 e. The molecular weight excluding hydrogens is 240 g/mol. The highest BCUT2D eigenvalue weighted by Crippen LogP contribution is 2.37. The molecule has 1 saturated heterocycles. The van der Waals surface area contributed by atoms with Crippen LogP contribution in [0.4, 0.5) is 0 Å². The van der Waals surface area contributed by atoms with Gasteiger partial charge in [-0.05, 0) is 43.0 Å². The van der Waals surface area contributed by atoms with Crippen LogP contribution < -0.4 is 5.43 Å². The second-order valence-electron chi connectivity index (χ2n) is 5.71. The molecule has 3 rings (SSSR count). The van der Waals surface area contributed by atoms with E-state index in [9.17, 15) is 0 Å². The van der Waals surface area contributed by atoms with Crippen LogP contribution in [-0.4, -0.2) is 18.1 Å². The van der Waals surface area contributed by atoms with Crippen LogP contribution in [0.1, 0.15) is 55.9 Å². The van der Waals surface area contributed by atoms with Crippen molar-refractivity contribution in [2.75, 3.05) is 13.1 Å². The summed E-state index contributed by atoms with van der Waals surface area (Å²) >= 11 is 1.92. The van der Waals surface area contributed by atoms with Gasteiger partial charge >= 0.3 is 0 Å². The highest BCUT2D eigenvalue weighted by molar-refractivity contribution is 7.10. The van der Waals surface area contributed by atoms with Crippen LogP contribution >= 0.6 is 11.3 Å². The van der Waals surface area contributed by atoms with Crippen LogP contribution in [0.15, 0.2) is 17.5 Å². The van der Waals surface area contributed by atoms with E-state index in [0.717, 1.165) is 5.92 Å². The van der Waals surface area contributed by atoms with Crippen molar-refractivity contribution in [1.29, 1.82) is 0 Å². The Morgan fingerprint density at radius 1 is 1.11 bits per heavy atom. The summed E-state index contributed by atoms with van der Waals surface area (Å²) in [5, 5.41) is 4.70. The number of nitrogens with zero attached hydrogens (tertiary/aromatic N) is 1. The van der Waals surface area contributed by atoms with E-state index in [1.165, 1.54) is 62.9 Å². The Labute approximate surface area is 114 Å². The van der Waals surface area contributed by atoms with Crippen molar-refractivity contribution >= 4 is 11.3 Å². The Balaban J connectivity index is 1.68. The molecule has 1 unspecified atom stereocenters. The summed E-state index contributed by atoms with van der Waals surface area (Å²) in [6.07, 6.45) is 9.78. The van der Waals surface area contributed by atoms with Gasteiger partial charge in [-0.2, -0.15) is 0 Å². The van der Waals surface area contributed by atoms with Gasteiger partial charge in [-0.25, -0.2) is 10.4 Å². The van der Waals surface area contributed by atoms with Crippen molar-refractivity contribution in [3.05, 3.63) is 22.4 Å². The molecule has 0 amide bonds. The molecule has 0 aromatic carbocycles. The Bertz CT molecular complexity index is 337. The highest BCUT2D eigenvalue weighted by atomic mass is 32.1. The van der Waals surface area contributed by atoms with E-state index in [1.807, 2.05) is 11.3 Å². The lowest BCUT2D eigenvalue weighted by Gasteiger charge is -2.34. The normalized spacial score (nSPS) is 24.4. The predicted octanol–water partition coefficient (Wildman–Crippen LogP) is 3.97. The van der Waals surface area contributed by atoms with Gasteiger partial charge in [-0.1, -0.05) is 25.3 Å². The first kappa shape index (κ1) is 12.6. The number of hydrogen-bond acceptors (Lipinski definition) is 3. The van der Waals surface area contributed by atoms with Gasteiger partial charge in [0.05, 0.1) is 6.04 Å². The molecule has 1 aliphatic heterocycles. The predicted molar refractivity (Wildman–Crippen MR) is 77.6 cm³/mol. The molecule has 1 atom stereocenters. The number of hydrazine groups is 1. The van der Waals surface area contributed by atoms with E-state index in [-0.39, 0.29) is 0 Å². The van der Waals surface area contributed by atoms with E-state index < -0.39 is 0 Å². The standard InChI is InChI=1S/C15H24N2S/c1-4-10-17(11-5-1)16-15(13-7-2-3-8-13)14-9-6-12-18-14/h6,9,12-13,15-16H,1-5,7-8,10-11H2. The fourth-order valence-corrected chi connectivity index (χ4v) is 4.24. The number of hydrogen-bond donors (Lipinski definition) is 1. The quantitative estimate of drug-likeness (QED) is 0.885. The fourth-order valence-electron chi connectivity index (χ4n) is 3.38. The molecule has 2 heterocycles. The first-order valence-corrected chi connectivity index (χ1v) is 8.36. The van der Waals surface area contributed by atoms with Gasteiger partial charge in [0.1, 0.15) is 0 Å². The summed E-state index contributed by atoms with van der Waals surface area (Å²) in [6, 6.07) is 5.08. The number of rotatable bonds is 4. The monoisotopic (exact) mass is 264 g/mol. The van der Waals surface area contributed by atoms with Crippen molar-refractivity contribution in [1.82, 2.24) is 10.4 Å². The molecule has 1 aromatic heterocycles. The summed E-state index contributed by atoms with van der Waals surface area (Å²) < 4.78 is 0. The van der Waals surface area contributed by atoms with E-state index in [4.69, 9.17) is 0 Å². The molecule has 100 valence electrons. The van der Waals surface area contributed by atoms with Crippen molar-refractivity contribution < 1.29 is 0 Å². The average Bonchev–Trinajstić information content (AvgIpc) is 3.11. The lowest BCUT2D eigenvalue weighted by Crippen LogP contribution is -2.45. The summed E-state index contributed by atoms with van der Waals surface area (Å²) in [6.45, 7) is 2.46. The van der Waals surface area contributed by atoms with Crippen LogP contribution in [0.5, 0.6) is 0 Å². The zero-order chi connectivity index (χ0) is 12.2. The molecule has 0 spiro atoms. The van der Waals surface area contributed by atoms with Crippen molar-refractivity contribution in [3.63, 3.8) is 0 Å². The Morgan fingerprint density at radius 3 is 2.56 bits per heavy atom. The first-order chi connectivity index (χ1) is 8.93.